The van der Waals surface area contributed by atoms with Crippen LogP contribution < -0.4 is 0 Å². The molecule has 2 heteroatoms. The zero-order valence-electron chi connectivity index (χ0n) is 12.6. The largest absolute Gasteiger partial charge is 0.393 e. The lowest BCUT2D eigenvalue weighted by Gasteiger charge is -2.42. The summed E-state index contributed by atoms with van der Waals surface area (Å²) in [7, 11) is 0. The first kappa shape index (κ1) is 13.9. The second-order valence-corrected chi connectivity index (χ2v) is 7.75. The van der Waals surface area contributed by atoms with Gasteiger partial charge in [0.05, 0.1) is 6.10 Å². The maximum Gasteiger partial charge on any atom is 0.0580 e. The minimum absolute atomic E-state index is 0.0291. The highest BCUT2D eigenvalue weighted by Crippen LogP contribution is 2.46. The molecule has 0 aromatic rings. The molecular formula is C17H31NO. The van der Waals surface area contributed by atoms with Crippen molar-refractivity contribution in [2.75, 3.05) is 19.6 Å². The molecule has 3 unspecified atom stereocenters. The Morgan fingerprint density at radius 1 is 1.05 bits per heavy atom. The third kappa shape index (κ3) is 3.16. The fourth-order valence-electron chi connectivity index (χ4n) is 4.85. The van der Waals surface area contributed by atoms with Gasteiger partial charge in [0, 0.05) is 6.54 Å². The number of piperidine rings is 1. The van der Waals surface area contributed by atoms with Crippen LogP contribution in [-0.2, 0) is 0 Å². The molecule has 3 aliphatic rings. The first-order chi connectivity index (χ1) is 9.17. The number of hydrogen-bond acceptors (Lipinski definition) is 2. The third-order valence-corrected chi connectivity index (χ3v) is 6.28. The van der Waals surface area contributed by atoms with Crippen molar-refractivity contribution in [2.45, 2.75) is 70.8 Å². The molecule has 2 nitrogen and oxygen atoms in total. The molecule has 2 saturated carbocycles. The fourth-order valence-corrected chi connectivity index (χ4v) is 4.85. The van der Waals surface area contributed by atoms with E-state index in [9.17, 15) is 5.11 Å². The molecule has 3 rings (SSSR count). The third-order valence-electron chi connectivity index (χ3n) is 6.28. The second kappa shape index (κ2) is 5.73. The Labute approximate surface area is 118 Å². The Hall–Kier alpha value is -0.0800. The van der Waals surface area contributed by atoms with Crippen molar-refractivity contribution in [1.82, 2.24) is 4.90 Å². The van der Waals surface area contributed by atoms with E-state index in [0.29, 0.717) is 5.92 Å². The summed E-state index contributed by atoms with van der Waals surface area (Å²) in [6, 6.07) is 0. The molecule has 3 atom stereocenters. The highest BCUT2D eigenvalue weighted by atomic mass is 16.3. The van der Waals surface area contributed by atoms with E-state index >= 15 is 0 Å². The Balaban J connectivity index is 1.48. The average molecular weight is 265 g/mol. The minimum atomic E-state index is -0.0291. The van der Waals surface area contributed by atoms with E-state index in [0.717, 1.165) is 24.3 Å². The summed E-state index contributed by atoms with van der Waals surface area (Å²) in [6.45, 7) is 6.08. The first-order valence-corrected chi connectivity index (χ1v) is 8.57. The predicted octanol–water partition coefficient (Wildman–Crippen LogP) is 3.44. The van der Waals surface area contributed by atoms with Crippen molar-refractivity contribution in [1.29, 1.82) is 0 Å². The highest BCUT2D eigenvalue weighted by Gasteiger charge is 2.38. The lowest BCUT2D eigenvalue weighted by molar-refractivity contribution is 0.0150. The van der Waals surface area contributed by atoms with Crippen molar-refractivity contribution < 1.29 is 5.11 Å². The van der Waals surface area contributed by atoms with Crippen molar-refractivity contribution in [3.05, 3.63) is 0 Å². The van der Waals surface area contributed by atoms with Crippen LogP contribution >= 0.6 is 0 Å². The van der Waals surface area contributed by atoms with Crippen LogP contribution in [0.5, 0.6) is 0 Å². The van der Waals surface area contributed by atoms with Crippen LogP contribution in [0.25, 0.3) is 0 Å². The number of aliphatic hydroxyl groups excluding tert-OH is 1. The van der Waals surface area contributed by atoms with E-state index in [1.165, 1.54) is 64.5 Å². The number of likely N-dealkylation sites (tertiary alicyclic amines) is 1. The van der Waals surface area contributed by atoms with E-state index in [2.05, 4.69) is 11.8 Å². The summed E-state index contributed by atoms with van der Waals surface area (Å²) in [6.07, 6.45) is 12.2. The maximum atomic E-state index is 10.2. The monoisotopic (exact) mass is 265 g/mol. The van der Waals surface area contributed by atoms with Gasteiger partial charge in [0.15, 0.2) is 0 Å². The van der Waals surface area contributed by atoms with E-state index in [-0.39, 0.29) is 6.10 Å². The molecule has 0 aromatic heterocycles. The van der Waals surface area contributed by atoms with Gasteiger partial charge in [-0.25, -0.2) is 0 Å². The van der Waals surface area contributed by atoms with Crippen LogP contribution in [0.1, 0.15) is 64.7 Å². The molecule has 2 aliphatic carbocycles. The SMILES string of the molecule is CC1CCC(O)C(CN2CCC3(CCCC3)CC2)C1. The molecule has 0 aromatic carbocycles. The zero-order chi connectivity index (χ0) is 13.3. The van der Waals surface area contributed by atoms with Gasteiger partial charge in [-0.15, -0.1) is 0 Å². The van der Waals surface area contributed by atoms with Crippen LogP contribution in [0.15, 0.2) is 0 Å². The van der Waals surface area contributed by atoms with Crippen LogP contribution in [0.3, 0.4) is 0 Å². The quantitative estimate of drug-likeness (QED) is 0.827. The number of aliphatic hydroxyl groups is 1. The normalized spacial score (nSPS) is 39.8. The zero-order valence-corrected chi connectivity index (χ0v) is 12.6. The average Bonchev–Trinajstić information content (AvgIpc) is 2.85. The minimum Gasteiger partial charge on any atom is -0.393 e. The molecule has 1 heterocycles. The van der Waals surface area contributed by atoms with Crippen molar-refractivity contribution in [3.63, 3.8) is 0 Å². The van der Waals surface area contributed by atoms with Crippen molar-refractivity contribution in [3.8, 4) is 0 Å². The molecule has 1 aliphatic heterocycles. The number of nitrogens with zero attached hydrogens (tertiary/aromatic N) is 1. The Morgan fingerprint density at radius 3 is 2.42 bits per heavy atom. The van der Waals surface area contributed by atoms with E-state index < -0.39 is 0 Å². The van der Waals surface area contributed by atoms with E-state index in [4.69, 9.17) is 0 Å². The fraction of sp³-hybridized carbons (Fsp3) is 1.00. The lowest BCUT2D eigenvalue weighted by atomic mass is 9.76. The molecule has 19 heavy (non-hydrogen) atoms. The van der Waals surface area contributed by atoms with Crippen LogP contribution in [0.2, 0.25) is 0 Å². The Morgan fingerprint density at radius 2 is 1.74 bits per heavy atom. The molecule has 3 fully saturated rings. The van der Waals surface area contributed by atoms with Gasteiger partial charge in [-0.2, -0.15) is 0 Å². The Kier molecular flexibility index (Phi) is 4.19. The van der Waals surface area contributed by atoms with Gasteiger partial charge >= 0.3 is 0 Å². The van der Waals surface area contributed by atoms with Crippen LogP contribution in [-0.4, -0.2) is 35.7 Å². The number of rotatable bonds is 2. The van der Waals surface area contributed by atoms with E-state index in [1.54, 1.807) is 0 Å². The van der Waals surface area contributed by atoms with Gasteiger partial charge in [-0.1, -0.05) is 19.8 Å². The maximum absolute atomic E-state index is 10.2. The molecule has 1 N–H and O–H groups in total. The van der Waals surface area contributed by atoms with Gasteiger partial charge in [-0.3, -0.25) is 0 Å². The van der Waals surface area contributed by atoms with Gasteiger partial charge < -0.3 is 10.0 Å². The summed E-state index contributed by atoms with van der Waals surface area (Å²) in [5.41, 5.74) is 0.731. The molecule has 0 amide bonds. The summed E-state index contributed by atoms with van der Waals surface area (Å²) in [5, 5.41) is 10.2. The number of hydrogen-bond donors (Lipinski definition) is 1. The van der Waals surface area contributed by atoms with Gasteiger partial charge in [0.25, 0.3) is 0 Å². The summed E-state index contributed by atoms with van der Waals surface area (Å²) >= 11 is 0. The smallest absolute Gasteiger partial charge is 0.0580 e. The first-order valence-electron chi connectivity index (χ1n) is 8.57. The van der Waals surface area contributed by atoms with Gasteiger partial charge in [0.1, 0.15) is 0 Å². The summed E-state index contributed by atoms with van der Waals surface area (Å²) in [5.74, 6) is 1.36. The Bertz CT molecular complexity index is 288. The topological polar surface area (TPSA) is 23.5 Å². The van der Waals surface area contributed by atoms with Crippen molar-refractivity contribution >= 4 is 0 Å². The highest BCUT2D eigenvalue weighted by molar-refractivity contribution is 4.91. The van der Waals surface area contributed by atoms with Crippen molar-refractivity contribution in [2.24, 2.45) is 17.3 Å². The van der Waals surface area contributed by atoms with Crippen LogP contribution in [0, 0.1) is 17.3 Å². The predicted molar refractivity (Wildman–Crippen MR) is 79.1 cm³/mol. The van der Waals surface area contributed by atoms with E-state index in [1.807, 2.05) is 0 Å². The molecule has 0 bridgehead atoms. The summed E-state index contributed by atoms with van der Waals surface area (Å²) in [4.78, 5) is 2.65. The molecule has 1 spiro atoms. The molecule has 1 saturated heterocycles. The molecule has 110 valence electrons. The second-order valence-electron chi connectivity index (χ2n) is 7.75. The standard InChI is InChI=1S/C17H31NO/c1-14-4-5-16(19)15(12-14)13-18-10-8-17(9-11-18)6-2-3-7-17/h14-16,19H,2-13H2,1H3. The molecular weight excluding hydrogens is 234 g/mol. The molecule has 0 radical (unpaired) electrons. The lowest BCUT2D eigenvalue weighted by Crippen LogP contribution is -2.44. The summed E-state index contributed by atoms with van der Waals surface area (Å²) < 4.78 is 0. The van der Waals surface area contributed by atoms with Gasteiger partial charge in [0.2, 0.25) is 0 Å². The van der Waals surface area contributed by atoms with Crippen LogP contribution in [0.4, 0.5) is 0 Å². The van der Waals surface area contributed by atoms with Gasteiger partial charge in [-0.05, 0) is 75.3 Å².